The van der Waals surface area contributed by atoms with Crippen molar-refractivity contribution in [3.8, 4) is 5.75 Å². The second-order valence-corrected chi connectivity index (χ2v) is 10.1. The van der Waals surface area contributed by atoms with E-state index in [1.54, 1.807) is 18.2 Å². The van der Waals surface area contributed by atoms with Gasteiger partial charge in [-0.3, -0.25) is 14.4 Å². The fraction of sp³-hybridized carbons (Fsp3) is 0.625. The van der Waals surface area contributed by atoms with Crippen molar-refractivity contribution in [3.63, 3.8) is 0 Å². The maximum atomic E-state index is 13.3. The number of aromatic hydroxyl groups is 1. The summed E-state index contributed by atoms with van der Waals surface area (Å²) < 4.78 is 11.1. The summed E-state index contributed by atoms with van der Waals surface area (Å²) in [4.78, 5) is 39.2. The summed E-state index contributed by atoms with van der Waals surface area (Å²) in [6, 6.07) is 4.95. The molecule has 4 aliphatic rings. The topological polar surface area (TPSA) is 89.9 Å². The van der Waals surface area contributed by atoms with Gasteiger partial charge in [-0.15, -0.1) is 0 Å². The maximum absolute atomic E-state index is 13.3. The van der Waals surface area contributed by atoms with Crippen molar-refractivity contribution in [1.82, 2.24) is 0 Å². The van der Waals surface area contributed by atoms with Gasteiger partial charge < -0.3 is 14.6 Å². The molecule has 0 spiro atoms. The van der Waals surface area contributed by atoms with Crippen LogP contribution in [0.15, 0.2) is 18.2 Å². The quantitative estimate of drug-likeness (QED) is 0.714. The molecule has 5 atom stereocenters. The van der Waals surface area contributed by atoms with Gasteiger partial charge in [-0.05, 0) is 41.5 Å². The zero-order valence-electron chi connectivity index (χ0n) is 18.1. The van der Waals surface area contributed by atoms with Crippen LogP contribution in [0.4, 0.5) is 0 Å². The number of esters is 2. The number of ether oxygens (including phenoxy) is 2. The highest BCUT2D eigenvalue weighted by Crippen LogP contribution is 2.78. The van der Waals surface area contributed by atoms with Gasteiger partial charge in [0.25, 0.3) is 0 Å². The minimum absolute atomic E-state index is 0.0204. The molecule has 162 valence electrons. The number of carbonyl (C=O) groups excluding carboxylic acids is 3. The lowest BCUT2D eigenvalue weighted by Gasteiger charge is -2.41. The number of ketones is 1. The third kappa shape index (κ3) is 3.03. The van der Waals surface area contributed by atoms with Gasteiger partial charge in [0.2, 0.25) is 0 Å². The molecule has 6 heteroatoms. The van der Waals surface area contributed by atoms with Gasteiger partial charge in [-0.25, -0.2) is 0 Å². The third-order valence-electron chi connectivity index (χ3n) is 6.93. The van der Waals surface area contributed by atoms with E-state index in [9.17, 15) is 19.5 Å². The normalized spacial score (nSPS) is 31.0. The number of benzene rings is 1. The van der Waals surface area contributed by atoms with Crippen molar-refractivity contribution in [3.05, 3.63) is 29.3 Å². The van der Waals surface area contributed by atoms with Crippen LogP contribution in [-0.2, 0) is 23.9 Å². The average Bonchev–Trinajstić information content (AvgIpc) is 3.37. The Bertz CT molecular complexity index is 897. The molecule has 1 aromatic rings. The van der Waals surface area contributed by atoms with Gasteiger partial charge in [0.05, 0.1) is 24.5 Å². The van der Waals surface area contributed by atoms with Crippen LogP contribution in [0.1, 0.15) is 69.9 Å². The van der Waals surface area contributed by atoms with Crippen LogP contribution < -0.4 is 0 Å². The fourth-order valence-electron chi connectivity index (χ4n) is 5.55. The molecule has 5 rings (SSSR count). The summed E-state index contributed by atoms with van der Waals surface area (Å²) in [6.45, 7) is 8.70. The van der Waals surface area contributed by atoms with E-state index in [1.165, 1.54) is 0 Å². The molecule has 0 amide bonds. The SMILES string of the molecule is CCCOC(=O)[C@@]12C3CC(=O)[C@@H](c4cc(O)ccc43)C1[C@@H]2C(=O)OCCC(C)(C)C. The van der Waals surface area contributed by atoms with E-state index in [2.05, 4.69) is 20.8 Å². The highest BCUT2D eigenvalue weighted by molar-refractivity contribution is 6.02. The molecule has 0 heterocycles. The van der Waals surface area contributed by atoms with Gasteiger partial charge in [-0.1, -0.05) is 33.8 Å². The van der Waals surface area contributed by atoms with E-state index in [-0.39, 0.29) is 36.6 Å². The molecule has 2 unspecified atom stereocenters. The number of fused-ring (bicyclic) bond motifs is 1. The number of rotatable bonds is 6. The number of phenols is 1. The zero-order chi connectivity index (χ0) is 21.8. The standard InChI is InChI=1S/C24H30O6/c1-5-9-30-22(28)24-16-12-17(26)18(15-11-13(25)6-7-14(15)16)19(24)20(24)21(27)29-10-8-23(2,3)4/h6-7,11,16,18-20,25H,5,8-10,12H2,1-4H3/t16?,18-,19?,20-,24+/m1/s1. The summed E-state index contributed by atoms with van der Waals surface area (Å²) in [5.41, 5.74) is 0.602. The van der Waals surface area contributed by atoms with E-state index >= 15 is 0 Å². The van der Waals surface area contributed by atoms with Crippen LogP contribution in [0, 0.1) is 22.7 Å². The number of hydrogen-bond donors (Lipinski definition) is 1. The molecular formula is C24H30O6. The van der Waals surface area contributed by atoms with E-state index in [0.29, 0.717) is 12.8 Å². The Morgan fingerprint density at radius 1 is 1.17 bits per heavy atom. The minimum Gasteiger partial charge on any atom is -0.508 e. The Labute approximate surface area is 176 Å². The second kappa shape index (κ2) is 7.10. The van der Waals surface area contributed by atoms with E-state index in [1.807, 2.05) is 6.92 Å². The Balaban J connectivity index is 1.68. The number of carbonyl (C=O) groups is 3. The van der Waals surface area contributed by atoms with Crippen molar-refractivity contribution in [2.45, 2.75) is 58.8 Å². The molecule has 1 N–H and O–H groups in total. The smallest absolute Gasteiger partial charge is 0.313 e. The Morgan fingerprint density at radius 3 is 2.57 bits per heavy atom. The van der Waals surface area contributed by atoms with Crippen LogP contribution >= 0.6 is 0 Å². The molecule has 2 saturated carbocycles. The monoisotopic (exact) mass is 414 g/mol. The predicted octanol–water partition coefficient (Wildman–Crippen LogP) is 3.71. The first-order chi connectivity index (χ1) is 14.1. The first-order valence-corrected chi connectivity index (χ1v) is 10.8. The Kier molecular flexibility index (Phi) is 4.94. The molecule has 2 bridgehead atoms. The van der Waals surface area contributed by atoms with Crippen LogP contribution in [0.2, 0.25) is 0 Å². The first-order valence-electron chi connectivity index (χ1n) is 10.8. The summed E-state index contributed by atoms with van der Waals surface area (Å²) in [5, 5.41) is 9.96. The summed E-state index contributed by atoms with van der Waals surface area (Å²) >= 11 is 0. The minimum atomic E-state index is -1.03. The summed E-state index contributed by atoms with van der Waals surface area (Å²) in [7, 11) is 0. The highest BCUT2D eigenvalue weighted by Gasteiger charge is 2.84. The van der Waals surface area contributed by atoms with Gasteiger partial charge in [0.1, 0.15) is 11.5 Å². The van der Waals surface area contributed by atoms with Crippen molar-refractivity contribution in [2.75, 3.05) is 13.2 Å². The second-order valence-electron chi connectivity index (χ2n) is 10.1. The molecule has 6 nitrogen and oxygen atoms in total. The van der Waals surface area contributed by atoms with Gasteiger partial charge in [0, 0.05) is 24.2 Å². The predicted molar refractivity (Wildman–Crippen MR) is 109 cm³/mol. The van der Waals surface area contributed by atoms with Gasteiger partial charge >= 0.3 is 11.9 Å². The Hall–Kier alpha value is -2.37. The van der Waals surface area contributed by atoms with Crippen molar-refractivity contribution < 1.29 is 29.0 Å². The van der Waals surface area contributed by atoms with Crippen LogP contribution in [0.5, 0.6) is 5.75 Å². The third-order valence-corrected chi connectivity index (χ3v) is 6.93. The van der Waals surface area contributed by atoms with Crippen LogP contribution in [0.25, 0.3) is 0 Å². The summed E-state index contributed by atoms with van der Waals surface area (Å²) in [5.74, 6) is -2.84. The molecule has 2 fully saturated rings. The lowest BCUT2D eigenvalue weighted by molar-refractivity contribution is -0.158. The lowest BCUT2D eigenvalue weighted by Crippen LogP contribution is -2.42. The van der Waals surface area contributed by atoms with Crippen LogP contribution in [-0.4, -0.2) is 36.0 Å². The van der Waals surface area contributed by atoms with Crippen molar-refractivity contribution in [1.29, 1.82) is 0 Å². The molecular weight excluding hydrogens is 384 g/mol. The van der Waals surface area contributed by atoms with Gasteiger partial charge in [0.15, 0.2) is 0 Å². The zero-order valence-corrected chi connectivity index (χ0v) is 18.1. The molecule has 1 aromatic carbocycles. The number of phenolic OH excluding ortho intramolecular Hbond substituents is 1. The molecule has 0 aromatic heterocycles. The molecule has 0 saturated heterocycles. The first kappa shape index (κ1) is 20.9. The van der Waals surface area contributed by atoms with E-state index in [4.69, 9.17) is 9.47 Å². The molecule has 30 heavy (non-hydrogen) atoms. The van der Waals surface area contributed by atoms with E-state index < -0.39 is 41.0 Å². The van der Waals surface area contributed by atoms with Gasteiger partial charge in [-0.2, -0.15) is 0 Å². The lowest BCUT2D eigenvalue weighted by atomic mass is 9.61. The summed E-state index contributed by atoms with van der Waals surface area (Å²) in [6.07, 6.45) is 1.61. The molecule has 0 aliphatic heterocycles. The Morgan fingerprint density at radius 2 is 1.90 bits per heavy atom. The van der Waals surface area contributed by atoms with Crippen molar-refractivity contribution >= 4 is 17.7 Å². The number of Topliss-reactive ketones (excluding diaryl/α,β-unsaturated/α-hetero) is 1. The van der Waals surface area contributed by atoms with Crippen molar-refractivity contribution in [2.24, 2.45) is 22.7 Å². The molecule has 0 radical (unpaired) electrons. The maximum Gasteiger partial charge on any atom is 0.313 e. The molecule has 4 aliphatic carbocycles. The van der Waals surface area contributed by atoms with E-state index in [0.717, 1.165) is 11.1 Å². The number of hydrogen-bond acceptors (Lipinski definition) is 6. The largest absolute Gasteiger partial charge is 0.508 e. The van der Waals surface area contributed by atoms with Crippen LogP contribution in [0.3, 0.4) is 0 Å². The average molecular weight is 414 g/mol. The fourth-order valence-corrected chi connectivity index (χ4v) is 5.55. The highest BCUT2D eigenvalue weighted by atomic mass is 16.5.